The van der Waals surface area contributed by atoms with Gasteiger partial charge in [0.2, 0.25) is 5.91 Å². The number of hydrogen-bond donors (Lipinski definition) is 6. The lowest BCUT2D eigenvalue weighted by molar-refractivity contribution is -0.192. The number of carbonyl (C=O) groups excluding carboxylic acids is 3. The van der Waals surface area contributed by atoms with Gasteiger partial charge in [-0.15, -0.1) is 0 Å². The van der Waals surface area contributed by atoms with Crippen LogP contribution in [-0.2, 0) is 30.3 Å². The standard InChI is InChI=1S/C24H35N5O4.C2HF3O2/c1-3-5-10-19(28-23(31)20-21(33-20)24(32)29-27-13-6-4-2)22(30)25-14-12-16-15-26-18-11-8-7-9-17(16)18;3-2(4,5)1(6)7/h7-9,11,15,19-21,26-27H,3-6,10,12-14H2,1-2H3,(H,25,30)(H,28,31)(H,29,32);(H,6,7). The van der Waals surface area contributed by atoms with Gasteiger partial charge in [-0.05, 0) is 30.9 Å². The molecule has 0 saturated carbocycles. The van der Waals surface area contributed by atoms with Crippen molar-refractivity contribution in [3.8, 4) is 0 Å². The number of nitrogens with one attached hydrogen (secondary N) is 5. The van der Waals surface area contributed by atoms with Gasteiger partial charge in [-0.1, -0.05) is 51.3 Å². The molecular formula is C26H36F3N5O6. The highest BCUT2D eigenvalue weighted by Crippen LogP contribution is 2.23. The maximum absolute atomic E-state index is 12.8. The van der Waals surface area contributed by atoms with E-state index in [4.69, 9.17) is 14.6 Å². The van der Waals surface area contributed by atoms with Crippen LogP contribution in [0.4, 0.5) is 13.2 Å². The van der Waals surface area contributed by atoms with E-state index in [1.807, 2.05) is 31.3 Å². The molecule has 0 spiro atoms. The van der Waals surface area contributed by atoms with Gasteiger partial charge in [-0.2, -0.15) is 13.2 Å². The molecule has 11 nitrogen and oxygen atoms in total. The second-order valence-corrected chi connectivity index (χ2v) is 9.15. The number of halogens is 3. The monoisotopic (exact) mass is 571 g/mol. The summed E-state index contributed by atoms with van der Waals surface area (Å²) in [6, 6.07) is 7.38. The molecule has 1 aliphatic heterocycles. The lowest BCUT2D eigenvalue weighted by Crippen LogP contribution is -2.49. The van der Waals surface area contributed by atoms with Crippen LogP contribution in [-0.4, -0.2) is 71.3 Å². The molecule has 3 atom stereocenters. The number of fused-ring (bicyclic) bond motifs is 1. The number of rotatable bonds is 14. The van der Waals surface area contributed by atoms with E-state index >= 15 is 0 Å². The fourth-order valence-electron chi connectivity index (χ4n) is 3.71. The molecule has 1 saturated heterocycles. The van der Waals surface area contributed by atoms with Gasteiger partial charge in [-0.3, -0.25) is 19.8 Å². The first-order valence-electron chi connectivity index (χ1n) is 13.1. The molecule has 3 amide bonds. The molecule has 6 N–H and O–H groups in total. The number of hydrazine groups is 1. The quantitative estimate of drug-likeness (QED) is 0.115. The number of benzene rings is 1. The van der Waals surface area contributed by atoms with E-state index in [0.717, 1.165) is 42.1 Å². The molecule has 40 heavy (non-hydrogen) atoms. The van der Waals surface area contributed by atoms with Crippen molar-refractivity contribution in [3.63, 3.8) is 0 Å². The SMILES string of the molecule is CCCCNNC(=O)C1OC1C(=O)NC(CCCC)C(=O)NCCc1c[nH]c2ccccc12.O=C(O)C(F)(F)F. The Balaban J connectivity index is 0.000000708. The molecule has 2 aromatic rings. The van der Waals surface area contributed by atoms with Gasteiger partial charge < -0.3 is 25.5 Å². The zero-order chi connectivity index (χ0) is 29.7. The number of hydrogen-bond acceptors (Lipinski definition) is 6. The molecule has 1 aromatic heterocycles. The van der Waals surface area contributed by atoms with Crippen molar-refractivity contribution in [3.05, 3.63) is 36.0 Å². The highest BCUT2D eigenvalue weighted by molar-refractivity contribution is 5.97. The fraction of sp³-hybridized carbons (Fsp3) is 0.538. The van der Waals surface area contributed by atoms with E-state index in [1.54, 1.807) is 0 Å². The van der Waals surface area contributed by atoms with Crippen LogP contribution in [0.25, 0.3) is 10.9 Å². The van der Waals surface area contributed by atoms with E-state index in [-0.39, 0.29) is 11.8 Å². The third-order valence-electron chi connectivity index (χ3n) is 5.97. The fourth-order valence-corrected chi connectivity index (χ4v) is 3.71. The maximum Gasteiger partial charge on any atom is 0.490 e. The summed E-state index contributed by atoms with van der Waals surface area (Å²) in [7, 11) is 0. The van der Waals surface area contributed by atoms with Crippen LogP contribution in [0.15, 0.2) is 30.5 Å². The summed E-state index contributed by atoms with van der Waals surface area (Å²) in [5.41, 5.74) is 7.57. The molecule has 0 aliphatic carbocycles. The lowest BCUT2D eigenvalue weighted by atomic mass is 10.1. The average molecular weight is 572 g/mol. The van der Waals surface area contributed by atoms with Crippen LogP contribution in [0, 0.1) is 0 Å². The Labute approximate surface area is 229 Å². The minimum Gasteiger partial charge on any atom is -0.475 e. The summed E-state index contributed by atoms with van der Waals surface area (Å²) < 4.78 is 37.0. The van der Waals surface area contributed by atoms with Crippen molar-refractivity contribution in [2.24, 2.45) is 0 Å². The molecule has 222 valence electrons. The molecule has 1 fully saturated rings. The number of ether oxygens (including phenoxy) is 1. The topological polar surface area (TPSA) is 165 Å². The van der Waals surface area contributed by atoms with Crippen LogP contribution < -0.4 is 21.5 Å². The van der Waals surface area contributed by atoms with Gasteiger partial charge in [0.1, 0.15) is 6.04 Å². The van der Waals surface area contributed by atoms with Crippen LogP contribution in [0.2, 0.25) is 0 Å². The van der Waals surface area contributed by atoms with Gasteiger partial charge in [0, 0.05) is 30.2 Å². The van der Waals surface area contributed by atoms with E-state index < -0.39 is 36.3 Å². The Morgan fingerprint density at radius 3 is 2.33 bits per heavy atom. The van der Waals surface area contributed by atoms with Gasteiger partial charge in [0.05, 0.1) is 0 Å². The average Bonchev–Trinajstić information content (AvgIpc) is 3.63. The number of unbranched alkanes of at least 4 members (excludes halogenated alkanes) is 2. The second-order valence-electron chi connectivity index (χ2n) is 9.15. The Hall–Kier alpha value is -3.65. The number of carboxylic acid groups (broad SMARTS) is 1. The maximum atomic E-state index is 12.8. The van der Waals surface area contributed by atoms with E-state index in [9.17, 15) is 27.6 Å². The zero-order valence-corrected chi connectivity index (χ0v) is 22.4. The van der Waals surface area contributed by atoms with Gasteiger partial charge in [-0.25, -0.2) is 10.2 Å². The molecule has 3 unspecified atom stereocenters. The Bertz CT molecular complexity index is 1140. The number of amides is 3. The summed E-state index contributed by atoms with van der Waals surface area (Å²) >= 11 is 0. The largest absolute Gasteiger partial charge is 0.490 e. The van der Waals surface area contributed by atoms with E-state index in [0.29, 0.717) is 25.9 Å². The van der Waals surface area contributed by atoms with E-state index in [1.165, 1.54) is 0 Å². The van der Waals surface area contributed by atoms with Crippen molar-refractivity contribution < 1.29 is 42.2 Å². The number of carboxylic acids is 1. The van der Waals surface area contributed by atoms with Crippen molar-refractivity contribution >= 4 is 34.6 Å². The van der Waals surface area contributed by atoms with Crippen molar-refractivity contribution in [1.29, 1.82) is 0 Å². The van der Waals surface area contributed by atoms with Gasteiger partial charge in [0.15, 0.2) is 12.2 Å². The molecule has 1 aliphatic rings. The first kappa shape index (κ1) is 32.6. The number of aromatic nitrogens is 1. The molecular weight excluding hydrogens is 535 g/mol. The summed E-state index contributed by atoms with van der Waals surface area (Å²) in [6.45, 7) is 5.21. The Morgan fingerprint density at radius 1 is 1.02 bits per heavy atom. The van der Waals surface area contributed by atoms with Gasteiger partial charge >= 0.3 is 12.1 Å². The number of alkyl halides is 3. The third kappa shape index (κ3) is 10.5. The first-order valence-corrected chi connectivity index (χ1v) is 13.1. The number of aliphatic carboxylic acids is 1. The van der Waals surface area contributed by atoms with Crippen LogP contribution in [0.5, 0.6) is 0 Å². The number of H-pyrrole nitrogens is 1. The highest BCUT2D eigenvalue weighted by atomic mass is 19.4. The Kier molecular flexibility index (Phi) is 12.9. The summed E-state index contributed by atoms with van der Waals surface area (Å²) in [5, 5.41) is 14.0. The molecule has 3 rings (SSSR count). The minimum absolute atomic E-state index is 0.223. The van der Waals surface area contributed by atoms with Gasteiger partial charge in [0.25, 0.3) is 11.8 Å². The number of para-hydroxylation sites is 1. The molecule has 0 radical (unpaired) electrons. The second kappa shape index (κ2) is 15.8. The van der Waals surface area contributed by atoms with Crippen LogP contribution >= 0.6 is 0 Å². The summed E-state index contributed by atoms with van der Waals surface area (Å²) in [6.07, 6.45) is 0.0612. The van der Waals surface area contributed by atoms with E-state index in [2.05, 4.69) is 39.5 Å². The molecule has 0 bridgehead atoms. The first-order chi connectivity index (χ1) is 19.0. The van der Waals surface area contributed by atoms with Crippen molar-refractivity contribution in [2.45, 2.75) is 76.8 Å². The Morgan fingerprint density at radius 2 is 1.68 bits per heavy atom. The third-order valence-corrected chi connectivity index (χ3v) is 5.97. The predicted molar refractivity (Wildman–Crippen MR) is 140 cm³/mol. The molecule has 14 heteroatoms. The zero-order valence-electron chi connectivity index (χ0n) is 22.4. The normalized spacial score (nSPS) is 16.8. The highest BCUT2D eigenvalue weighted by Gasteiger charge is 2.51. The minimum atomic E-state index is -5.08. The van der Waals surface area contributed by atoms with Crippen LogP contribution in [0.3, 0.4) is 0 Å². The number of aromatic amines is 1. The lowest BCUT2D eigenvalue weighted by Gasteiger charge is -2.18. The number of epoxide rings is 1. The summed E-state index contributed by atoms with van der Waals surface area (Å²) in [4.78, 5) is 49.5. The predicted octanol–water partition coefficient (Wildman–Crippen LogP) is 2.32. The van der Waals surface area contributed by atoms with Crippen molar-refractivity contribution in [2.75, 3.05) is 13.1 Å². The van der Waals surface area contributed by atoms with Crippen LogP contribution in [0.1, 0.15) is 51.5 Å². The molecule has 2 heterocycles. The van der Waals surface area contributed by atoms with Crippen molar-refractivity contribution in [1.82, 2.24) is 26.5 Å². The smallest absolute Gasteiger partial charge is 0.475 e. The summed E-state index contributed by atoms with van der Waals surface area (Å²) in [5.74, 6) is -3.79. The molecule has 1 aromatic carbocycles. The number of carbonyl (C=O) groups is 4.